The summed E-state index contributed by atoms with van der Waals surface area (Å²) < 4.78 is 0. The van der Waals surface area contributed by atoms with Gasteiger partial charge in [0.1, 0.15) is 6.29 Å². The number of carbonyl (C=O) groups excluding carboxylic acids is 1. The molecule has 1 N–H and O–H groups in total. The Morgan fingerprint density at radius 1 is 1.13 bits per heavy atom. The van der Waals surface area contributed by atoms with Crippen molar-refractivity contribution in [1.29, 1.82) is 0 Å². The first-order valence-electron chi connectivity index (χ1n) is 6.20. The molecule has 0 aromatic carbocycles. The Balaban J connectivity index is 3.52. The van der Waals surface area contributed by atoms with Gasteiger partial charge in [-0.3, -0.25) is 0 Å². The molecule has 0 aliphatic heterocycles. The van der Waals surface area contributed by atoms with Crippen molar-refractivity contribution < 1.29 is 9.90 Å². The van der Waals surface area contributed by atoms with Crippen molar-refractivity contribution in [2.45, 2.75) is 71.3 Å². The fraction of sp³-hybridized carbons (Fsp3) is 0.923. The Bertz CT molecular complexity index is 158. The van der Waals surface area contributed by atoms with E-state index in [9.17, 15) is 9.90 Å². The van der Waals surface area contributed by atoms with E-state index >= 15 is 0 Å². The molecule has 0 aliphatic carbocycles. The first kappa shape index (κ1) is 14.6. The molecule has 0 bridgehead atoms. The molecule has 2 heteroatoms. The molecule has 0 rings (SSSR count). The lowest BCUT2D eigenvalue weighted by Gasteiger charge is -2.24. The van der Waals surface area contributed by atoms with Gasteiger partial charge in [0.15, 0.2) is 0 Å². The van der Waals surface area contributed by atoms with Crippen molar-refractivity contribution in [3.05, 3.63) is 0 Å². The first-order chi connectivity index (χ1) is 7.02. The lowest BCUT2D eigenvalue weighted by atomic mass is 9.87. The van der Waals surface area contributed by atoms with E-state index in [0.29, 0.717) is 0 Å². The highest BCUT2D eigenvalue weighted by Gasteiger charge is 2.25. The molecule has 1 unspecified atom stereocenters. The van der Waals surface area contributed by atoms with Crippen LogP contribution in [0.5, 0.6) is 0 Å². The van der Waals surface area contributed by atoms with Crippen LogP contribution in [-0.4, -0.2) is 17.0 Å². The van der Waals surface area contributed by atoms with E-state index in [1.807, 2.05) is 0 Å². The third-order valence-corrected chi connectivity index (χ3v) is 2.94. The minimum Gasteiger partial charge on any atom is -0.390 e. The summed E-state index contributed by atoms with van der Waals surface area (Å²) in [4.78, 5) is 10.8. The Kier molecular flexibility index (Phi) is 7.67. The second-order valence-corrected chi connectivity index (χ2v) is 4.95. The second kappa shape index (κ2) is 7.86. The summed E-state index contributed by atoms with van der Waals surface area (Å²) in [6, 6.07) is 0. The average molecular weight is 214 g/mol. The van der Waals surface area contributed by atoms with Crippen LogP contribution in [0, 0.1) is 5.92 Å². The van der Waals surface area contributed by atoms with Gasteiger partial charge in [-0.25, -0.2) is 0 Å². The van der Waals surface area contributed by atoms with Gasteiger partial charge < -0.3 is 9.90 Å². The minimum absolute atomic E-state index is 0.205. The molecule has 1 atom stereocenters. The van der Waals surface area contributed by atoms with Gasteiger partial charge in [0, 0.05) is 5.92 Å². The van der Waals surface area contributed by atoms with E-state index < -0.39 is 5.60 Å². The summed E-state index contributed by atoms with van der Waals surface area (Å²) >= 11 is 0. The SMILES string of the molecule is CCCCCCCCC(C=O)C(C)(C)O. The third-order valence-electron chi connectivity index (χ3n) is 2.94. The standard InChI is InChI=1S/C13H26O2/c1-4-5-6-7-8-9-10-12(11-14)13(2,3)15/h11-12,15H,4-10H2,1-3H3. The van der Waals surface area contributed by atoms with Crippen molar-refractivity contribution >= 4 is 6.29 Å². The minimum atomic E-state index is -0.856. The van der Waals surface area contributed by atoms with Crippen LogP contribution in [0.4, 0.5) is 0 Å². The number of aldehydes is 1. The average Bonchev–Trinajstić information content (AvgIpc) is 2.15. The second-order valence-electron chi connectivity index (χ2n) is 4.95. The van der Waals surface area contributed by atoms with Gasteiger partial charge in [-0.2, -0.15) is 0 Å². The van der Waals surface area contributed by atoms with Gasteiger partial charge in [-0.05, 0) is 20.3 Å². The quantitative estimate of drug-likeness (QED) is 0.472. The van der Waals surface area contributed by atoms with Crippen LogP contribution in [0.2, 0.25) is 0 Å². The van der Waals surface area contributed by atoms with Crippen LogP contribution in [0.3, 0.4) is 0 Å². The van der Waals surface area contributed by atoms with Crippen molar-refractivity contribution in [3.63, 3.8) is 0 Å². The molecule has 0 amide bonds. The molecular weight excluding hydrogens is 188 g/mol. The largest absolute Gasteiger partial charge is 0.390 e. The number of rotatable bonds is 9. The van der Waals surface area contributed by atoms with Gasteiger partial charge in [0.25, 0.3) is 0 Å². The molecule has 0 aromatic rings. The van der Waals surface area contributed by atoms with E-state index in [4.69, 9.17) is 0 Å². The molecule has 0 saturated heterocycles. The van der Waals surface area contributed by atoms with Gasteiger partial charge in [0.2, 0.25) is 0 Å². The summed E-state index contributed by atoms with van der Waals surface area (Å²) in [7, 11) is 0. The molecule has 90 valence electrons. The Hall–Kier alpha value is -0.370. The molecule has 15 heavy (non-hydrogen) atoms. The van der Waals surface area contributed by atoms with Gasteiger partial charge >= 0.3 is 0 Å². The summed E-state index contributed by atoms with van der Waals surface area (Å²) in [5.41, 5.74) is -0.856. The van der Waals surface area contributed by atoms with Crippen molar-refractivity contribution in [2.24, 2.45) is 5.92 Å². The first-order valence-corrected chi connectivity index (χ1v) is 6.20. The Morgan fingerprint density at radius 3 is 2.13 bits per heavy atom. The smallest absolute Gasteiger partial charge is 0.125 e. The normalized spacial score (nSPS) is 13.9. The van der Waals surface area contributed by atoms with E-state index in [-0.39, 0.29) is 5.92 Å². The predicted octanol–water partition coefficient (Wildman–Crippen LogP) is 3.32. The van der Waals surface area contributed by atoms with Crippen molar-refractivity contribution in [2.75, 3.05) is 0 Å². The molecule has 0 saturated carbocycles. The Labute approximate surface area is 94.1 Å². The van der Waals surface area contributed by atoms with Gasteiger partial charge in [-0.1, -0.05) is 45.4 Å². The van der Waals surface area contributed by atoms with Crippen molar-refractivity contribution in [1.82, 2.24) is 0 Å². The Morgan fingerprint density at radius 2 is 1.67 bits per heavy atom. The van der Waals surface area contributed by atoms with Crippen LogP contribution in [-0.2, 0) is 4.79 Å². The van der Waals surface area contributed by atoms with Crippen LogP contribution in [0.25, 0.3) is 0 Å². The fourth-order valence-corrected chi connectivity index (χ4v) is 1.73. The van der Waals surface area contributed by atoms with Crippen LogP contribution < -0.4 is 0 Å². The lowest BCUT2D eigenvalue weighted by Crippen LogP contribution is -2.31. The maximum atomic E-state index is 10.8. The van der Waals surface area contributed by atoms with E-state index in [0.717, 1.165) is 19.1 Å². The number of carbonyl (C=O) groups is 1. The van der Waals surface area contributed by atoms with E-state index in [2.05, 4.69) is 6.92 Å². The molecule has 0 radical (unpaired) electrons. The zero-order valence-corrected chi connectivity index (χ0v) is 10.5. The van der Waals surface area contributed by atoms with Crippen LogP contribution in [0.15, 0.2) is 0 Å². The number of unbranched alkanes of at least 4 members (excludes halogenated alkanes) is 5. The lowest BCUT2D eigenvalue weighted by molar-refractivity contribution is -0.118. The highest BCUT2D eigenvalue weighted by atomic mass is 16.3. The maximum Gasteiger partial charge on any atom is 0.125 e. The molecule has 0 heterocycles. The predicted molar refractivity (Wildman–Crippen MR) is 63.8 cm³/mol. The topological polar surface area (TPSA) is 37.3 Å². The van der Waals surface area contributed by atoms with Crippen molar-refractivity contribution in [3.8, 4) is 0 Å². The highest BCUT2D eigenvalue weighted by Crippen LogP contribution is 2.21. The molecule has 0 aliphatic rings. The van der Waals surface area contributed by atoms with E-state index in [1.165, 1.54) is 32.1 Å². The number of hydrogen-bond acceptors (Lipinski definition) is 2. The van der Waals surface area contributed by atoms with Crippen LogP contribution >= 0.6 is 0 Å². The van der Waals surface area contributed by atoms with E-state index in [1.54, 1.807) is 13.8 Å². The fourth-order valence-electron chi connectivity index (χ4n) is 1.73. The number of aliphatic hydroxyl groups is 1. The zero-order valence-electron chi connectivity index (χ0n) is 10.5. The molecule has 0 aromatic heterocycles. The summed E-state index contributed by atoms with van der Waals surface area (Å²) in [6.07, 6.45) is 9.07. The maximum absolute atomic E-state index is 10.8. The monoisotopic (exact) mass is 214 g/mol. The summed E-state index contributed by atoms with van der Waals surface area (Å²) in [6.45, 7) is 5.63. The summed E-state index contributed by atoms with van der Waals surface area (Å²) in [5.74, 6) is -0.205. The zero-order chi connectivity index (χ0) is 11.7. The van der Waals surface area contributed by atoms with Gasteiger partial charge in [-0.15, -0.1) is 0 Å². The molecule has 0 fully saturated rings. The summed E-state index contributed by atoms with van der Waals surface area (Å²) in [5, 5.41) is 9.69. The van der Waals surface area contributed by atoms with Crippen LogP contribution in [0.1, 0.15) is 65.7 Å². The molecule has 2 nitrogen and oxygen atoms in total. The third kappa shape index (κ3) is 7.55. The molecular formula is C13H26O2. The highest BCUT2D eigenvalue weighted by molar-refractivity contribution is 5.55. The van der Waals surface area contributed by atoms with Gasteiger partial charge in [0.05, 0.1) is 5.60 Å². The number of hydrogen-bond donors (Lipinski definition) is 1. The molecule has 0 spiro atoms.